The molecule has 0 atom stereocenters. The zero-order valence-electron chi connectivity index (χ0n) is 12.3. The Kier molecular flexibility index (Phi) is 2.96. The maximum atomic E-state index is 12.6. The molecule has 0 aromatic carbocycles. The predicted octanol–water partition coefficient (Wildman–Crippen LogP) is 1.87. The first-order chi connectivity index (χ1) is 10.5. The average Bonchev–Trinajstić information content (AvgIpc) is 2.45. The summed E-state index contributed by atoms with van der Waals surface area (Å²) in [6.45, 7) is 0. The second kappa shape index (κ2) is 4.76. The zero-order chi connectivity index (χ0) is 15.3. The summed E-state index contributed by atoms with van der Waals surface area (Å²) in [5.74, 6) is 0.531. The van der Waals surface area contributed by atoms with E-state index in [4.69, 9.17) is 5.11 Å². The number of nitrogens with zero attached hydrogens (tertiary/aromatic N) is 2. The van der Waals surface area contributed by atoms with Crippen molar-refractivity contribution in [1.82, 2.24) is 15.3 Å². The Balaban J connectivity index is 1.59. The summed E-state index contributed by atoms with van der Waals surface area (Å²) in [7, 11) is 0. The molecule has 6 heteroatoms. The van der Waals surface area contributed by atoms with Crippen LogP contribution < -0.4 is 5.32 Å². The van der Waals surface area contributed by atoms with E-state index >= 15 is 0 Å². The smallest absolute Gasteiger partial charge is 0.356 e. The lowest BCUT2D eigenvalue weighted by atomic mass is 9.53. The number of nitrogens with one attached hydrogen (secondary N) is 1. The number of hydrogen-bond acceptors (Lipinski definition) is 4. The number of aromatic nitrogens is 2. The first kappa shape index (κ1) is 13.7. The fourth-order valence-electron chi connectivity index (χ4n) is 5.22. The van der Waals surface area contributed by atoms with Gasteiger partial charge in [0.25, 0.3) is 5.91 Å². The van der Waals surface area contributed by atoms with Crippen LogP contribution in [0.2, 0.25) is 0 Å². The third-order valence-corrected chi connectivity index (χ3v) is 5.53. The Morgan fingerprint density at radius 3 is 2.00 bits per heavy atom. The van der Waals surface area contributed by atoms with E-state index in [2.05, 4.69) is 15.3 Å². The van der Waals surface area contributed by atoms with Crippen LogP contribution in [0.15, 0.2) is 12.4 Å². The van der Waals surface area contributed by atoms with Crippen LogP contribution >= 0.6 is 0 Å². The number of carbonyl (C=O) groups is 2. The van der Waals surface area contributed by atoms with E-state index in [1.165, 1.54) is 31.7 Å². The Labute approximate surface area is 128 Å². The molecule has 0 aliphatic heterocycles. The van der Waals surface area contributed by atoms with Crippen molar-refractivity contribution in [1.29, 1.82) is 0 Å². The van der Waals surface area contributed by atoms with Gasteiger partial charge in [0.15, 0.2) is 11.4 Å². The van der Waals surface area contributed by atoms with Gasteiger partial charge < -0.3 is 10.4 Å². The molecule has 4 bridgehead atoms. The molecule has 1 aromatic rings. The first-order valence-electron chi connectivity index (χ1n) is 7.91. The van der Waals surface area contributed by atoms with Crippen LogP contribution in [-0.2, 0) is 0 Å². The van der Waals surface area contributed by atoms with Crippen molar-refractivity contribution in [2.24, 2.45) is 17.8 Å². The summed E-state index contributed by atoms with van der Waals surface area (Å²) in [5.41, 5.74) is -0.505. The molecule has 1 amide bonds. The number of aromatic carboxylic acids is 1. The van der Waals surface area contributed by atoms with E-state index in [1.807, 2.05) is 0 Å². The van der Waals surface area contributed by atoms with Crippen molar-refractivity contribution in [2.45, 2.75) is 44.1 Å². The van der Waals surface area contributed by atoms with Gasteiger partial charge in [-0.1, -0.05) is 0 Å². The molecular formula is C16H19N3O3. The van der Waals surface area contributed by atoms with Crippen LogP contribution in [0.5, 0.6) is 0 Å². The second-order valence-electron chi connectivity index (χ2n) is 7.21. The number of amides is 1. The third-order valence-electron chi connectivity index (χ3n) is 5.53. The Morgan fingerprint density at radius 1 is 1.00 bits per heavy atom. The van der Waals surface area contributed by atoms with Gasteiger partial charge in [-0.3, -0.25) is 4.79 Å². The van der Waals surface area contributed by atoms with Gasteiger partial charge >= 0.3 is 5.97 Å². The first-order valence-corrected chi connectivity index (χ1v) is 7.91. The third kappa shape index (κ3) is 2.17. The molecule has 1 aromatic heterocycles. The van der Waals surface area contributed by atoms with Gasteiger partial charge in [0, 0.05) is 17.9 Å². The van der Waals surface area contributed by atoms with E-state index < -0.39 is 11.9 Å². The lowest BCUT2D eigenvalue weighted by Crippen LogP contribution is -2.60. The number of rotatable bonds is 3. The van der Waals surface area contributed by atoms with Crippen LogP contribution in [0.3, 0.4) is 0 Å². The Hall–Kier alpha value is -1.98. The zero-order valence-corrected chi connectivity index (χ0v) is 12.3. The van der Waals surface area contributed by atoms with Gasteiger partial charge in [-0.15, -0.1) is 0 Å². The van der Waals surface area contributed by atoms with E-state index in [0.29, 0.717) is 17.8 Å². The summed E-state index contributed by atoms with van der Waals surface area (Å²) in [5, 5.41) is 12.3. The lowest BCUT2D eigenvalue weighted by molar-refractivity contribution is -0.0168. The number of carboxylic acid groups (broad SMARTS) is 1. The normalized spacial score (nSPS) is 35.4. The van der Waals surface area contributed by atoms with Crippen molar-refractivity contribution >= 4 is 11.9 Å². The number of carboxylic acids is 1. The van der Waals surface area contributed by atoms with Crippen molar-refractivity contribution in [3.8, 4) is 0 Å². The quantitative estimate of drug-likeness (QED) is 0.889. The van der Waals surface area contributed by atoms with Crippen LogP contribution in [-0.4, -0.2) is 32.5 Å². The molecule has 2 N–H and O–H groups in total. The molecule has 4 saturated carbocycles. The van der Waals surface area contributed by atoms with Gasteiger partial charge in [0.1, 0.15) is 0 Å². The minimum absolute atomic E-state index is 0.0780. The van der Waals surface area contributed by atoms with Gasteiger partial charge in [-0.05, 0) is 56.3 Å². The molecule has 0 saturated heterocycles. The molecular weight excluding hydrogens is 282 g/mol. The maximum absolute atomic E-state index is 12.6. The van der Waals surface area contributed by atoms with E-state index in [0.717, 1.165) is 19.3 Å². The predicted molar refractivity (Wildman–Crippen MR) is 77.4 cm³/mol. The highest BCUT2D eigenvalue weighted by Crippen LogP contribution is 2.55. The van der Waals surface area contributed by atoms with E-state index in [1.54, 1.807) is 0 Å². The molecule has 0 radical (unpaired) electrons. The molecule has 4 aliphatic carbocycles. The number of carbonyl (C=O) groups excluding carboxylic acids is 1. The molecule has 116 valence electrons. The molecule has 4 fully saturated rings. The Bertz CT molecular complexity index is 608. The van der Waals surface area contributed by atoms with Gasteiger partial charge in [0.2, 0.25) is 0 Å². The van der Waals surface area contributed by atoms with E-state index in [9.17, 15) is 9.59 Å². The van der Waals surface area contributed by atoms with Crippen molar-refractivity contribution in [3.05, 3.63) is 23.8 Å². The molecule has 22 heavy (non-hydrogen) atoms. The lowest BCUT2D eigenvalue weighted by Gasteiger charge is -2.56. The van der Waals surface area contributed by atoms with Gasteiger partial charge in [0.05, 0.1) is 0 Å². The molecule has 0 spiro atoms. The molecule has 1 heterocycles. The number of hydrogen-bond donors (Lipinski definition) is 2. The summed E-state index contributed by atoms with van der Waals surface area (Å²) in [6.07, 6.45) is 9.60. The van der Waals surface area contributed by atoms with Gasteiger partial charge in [-0.25, -0.2) is 14.8 Å². The summed E-state index contributed by atoms with van der Waals surface area (Å²) >= 11 is 0. The highest BCUT2D eigenvalue weighted by Gasteiger charge is 2.51. The van der Waals surface area contributed by atoms with Crippen molar-refractivity contribution < 1.29 is 14.7 Å². The van der Waals surface area contributed by atoms with Crippen LogP contribution in [0, 0.1) is 17.8 Å². The second-order valence-corrected chi connectivity index (χ2v) is 7.21. The fourth-order valence-corrected chi connectivity index (χ4v) is 5.22. The topological polar surface area (TPSA) is 92.2 Å². The minimum atomic E-state index is -1.22. The average molecular weight is 301 g/mol. The highest BCUT2D eigenvalue weighted by atomic mass is 16.4. The SMILES string of the molecule is O=C(O)c1nccnc1C(=O)NC12CC3CC(CC(C3)C1)C2. The van der Waals surface area contributed by atoms with Crippen LogP contribution in [0.1, 0.15) is 59.5 Å². The molecule has 0 unspecified atom stereocenters. The van der Waals surface area contributed by atoms with Crippen LogP contribution in [0.4, 0.5) is 0 Å². The maximum Gasteiger partial charge on any atom is 0.356 e. The Morgan fingerprint density at radius 2 is 1.50 bits per heavy atom. The largest absolute Gasteiger partial charge is 0.476 e. The van der Waals surface area contributed by atoms with Crippen molar-refractivity contribution in [2.75, 3.05) is 0 Å². The molecule has 6 nitrogen and oxygen atoms in total. The summed E-state index contributed by atoms with van der Waals surface area (Å²) in [4.78, 5) is 31.5. The molecule has 5 rings (SSSR count). The fraction of sp³-hybridized carbons (Fsp3) is 0.625. The molecule has 4 aliphatic rings. The van der Waals surface area contributed by atoms with Crippen molar-refractivity contribution in [3.63, 3.8) is 0 Å². The monoisotopic (exact) mass is 301 g/mol. The summed E-state index contributed by atoms with van der Waals surface area (Å²) in [6, 6.07) is 0. The highest BCUT2D eigenvalue weighted by molar-refractivity contribution is 6.02. The standard InChI is InChI=1S/C16H19N3O3/c20-14(12-13(15(21)22)18-2-1-17-12)19-16-6-9-3-10(7-16)5-11(4-9)8-16/h1-2,9-11H,3-8H2,(H,19,20)(H,21,22). The minimum Gasteiger partial charge on any atom is -0.476 e. The van der Waals surface area contributed by atoms with Gasteiger partial charge in [-0.2, -0.15) is 0 Å². The van der Waals surface area contributed by atoms with E-state index in [-0.39, 0.29) is 16.9 Å². The summed E-state index contributed by atoms with van der Waals surface area (Å²) < 4.78 is 0. The van der Waals surface area contributed by atoms with Crippen LogP contribution in [0.25, 0.3) is 0 Å².